The van der Waals surface area contributed by atoms with Crippen LogP contribution >= 0.6 is 0 Å². The molecule has 2 aromatic rings. The van der Waals surface area contributed by atoms with Gasteiger partial charge in [-0.25, -0.2) is 0 Å². The van der Waals surface area contributed by atoms with Gasteiger partial charge in [0.2, 0.25) is 5.91 Å². The van der Waals surface area contributed by atoms with Gasteiger partial charge in [0, 0.05) is 12.1 Å². The molecular weight excluding hydrogens is 338 g/mol. The lowest BCUT2D eigenvalue weighted by molar-refractivity contribution is -0.115. The molecule has 5 nitrogen and oxygen atoms in total. The summed E-state index contributed by atoms with van der Waals surface area (Å²) in [7, 11) is 0. The fourth-order valence-corrected chi connectivity index (χ4v) is 3.06. The molecule has 0 heterocycles. The zero-order valence-electron chi connectivity index (χ0n) is 16.1. The van der Waals surface area contributed by atoms with E-state index < -0.39 is 0 Å². The SMILES string of the molecule is Cc1ccc(C)c([C@H](C)NCC(=O)Nc2ccccc2C(=O)NC2CC2)c1. The van der Waals surface area contributed by atoms with E-state index in [0.29, 0.717) is 11.3 Å². The highest BCUT2D eigenvalue weighted by Crippen LogP contribution is 2.22. The molecule has 0 spiro atoms. The Kier molecular flexibility index (Phi) is 5.91. The Labute approximate surface area is 160 Å². The number of anilines is 1. The van der Waals surface area contributed by atoms with E-state index in [4.69, 9.17) is 0 Å². The lowest BCUT2D eigenvalue weighted by Crippen LogP contribution is -2.32. The average Bonchev–Trinajstić information content (AvgIpc) is 3.46. The van der Waals surface area contributed by atoms with E-state index in [1.807, 2.05) is 13.0 Å². The Morgan fingerprint density at radius 3 is 2.59 bits per heavy atom. The number of rotatable bonds is 7. The summed E-state index contributed by atoms with van der Waals surface area (Å²) in [5.41, 5.74) is 4.63. The molecular formula is C22H27N3O2. The Bertz CT molecular complexity index is 843. The van der Waals surface area contributed by atoms with Gasteiger partial charge < -0.3 is 16.0 Å². The third-order valence-corrected chi connectivity index (χ3v) is 4.83. The number of amides is 2. The van der Waals surface area contributed by atoms with E-state index in [-0.39, 0.29) is 30.4 Å². The summed E-state index contributed by atoms with van der Waals surface area (Å²) >= 11 is 0. The molecule has 3 N–H and O–H groups in total. The fraction of sp³-hybridized carbons (Fsp3) is 0.364. The predicted molar refractivity (Wildman–Crippen MR) is 108 cm³/mol. The summed E-state index contributed by atoms with van der Waals surface area (Å²) < 4.78 is 0. The Morgan fingerprint density at radius 2 is 1.85 bits per heavy atom. The van der Waals surface area contributed by atoms with Crippen molar-refractivity contribution >= 4 is 17.5 Å². The molecule has 0 aromatic heterocycles. The number of nitrogens with one attached hydrogen (secondary N) is 3. The van der Waals surface area contributed by atoms with Crippen LogP contribution in [0.15, 0.2) is 42.5 Å². The first-order chi connectivity index (χ1) is 12.9. The van der Waals surface area contributed by atoms with E-state index in [1.165, 1.54) is 16.7 Å². The van der Waals surface area contributed by atoms with Crippen LogP contribution in [0, 0.1) is 13.8 Å². The second-order valence-corrected chi connectivity index (χ2v) is 7.30. The van der Waals surface area contributed by atoms with Crippen LogP contribution in [0.3, 0.4) is 0 Å². The van der Waals surface area contributed by atoms with Crippen molar-refractivity contribution in [3.8, 4) is 0 Å². The van der Waals surface area contributed by atoms with E-state index >= 15 is 0 Å². The zero-order chi connectivity index (χ0) is 19.4. The number of para-hydroxylation sites is 1. The summed E-state index contributed by atoms with van der Waals surface area (Å²) in [6.45, 7) is 6.35. The largest absolute Gasteiger partial charge is 0.349 e. The first kappa shape index (κ1) is 19.1. The molecule has 1 atom stereocenters. The third kappa shape index (κ3) is 5.17. The van der Waals surface area contributed by atoms with Crippen molar-refractivity contribution in [3.05, 3.63) is 64.7 Å². The highest BCUT2D eigenvalue weighted by atomic mass is 16.2. The van der Waals surface area contributed by atoms with E-state index in [9.17, 15) is 9.59 Å². The van der Waals surface area contributed by atoms with Crippen LogP contribution in [0.5, 0.6) is 0 Å². The standard InChI is InChI=1S/C22H27N3O2/c1-14-8-9-15(2)19(12-14)16(3)23-13-21(26)25-20-7-5-4-6-18(20)22(27)24-17-10-11-17/h4-9,12,16-17,23H,10-11,13H2,1-3H3,(H,24,27)(H,25,26)/t16-/m0/s1. The lowest BCUT2D eigenvalue weighted by Gasteiger charge is -2.17. The minimum Gasteiger partial charge on any atom is -0.349 e. The Balaban J connectivity index is 1.59. The highest BCUT2D eigenvalue weighted by molar-refractivity contribution is 6.04. The highest BCUT2D eigenvalue weighted by Gasteiger charge is 2.25. The molecule has 2 aromatic carbocycles. The summed E-state index contributed by atoms with van der Waals surface area (Å²) in [5, 5.41) is 9.08. The number of benzene rings is 2. The molecule has 1 saturated carbocycles. The minimum absolute atomic E-state index is 0.0593. The maximum atomic E-state index is 12.4. The van der Waals surface area contributed by atoms with Gasteiger partial charge in [-0.15, -0.1) is 0 Å². The molecule has 0 saturated heterocycles. The molecule has 2 amide bonds. The molecule has 1 fully saturated rings. The normalized spacial score (nSPS) is 14.5. The van der Waals surface area contributed by atoms with Gasteiger partial charge in [0.1, 0.15) is 0 Å². The lowest BCUT2D eigenvalue weighted by atomic mass is 10.00. The predicted octanol–water partition coefficient (Wildman–Crippen LogP) is 3.48. The molecule has 0 unspecified atom stereocenters. The Hall–Kier alpha value is -2.66. The Morgan fingerprint density at radius 1 is 1.11 bits per heavy atom. The van der Waals surface area contributed by atoms with E-state index in [2.05, 4.69) is 48.0 Å². The van der Waals surface area contributed by atoms with Gasteiger partial charge in [0.15, 0.2) is 0 Å². The van der Waals surface area contributed by atoms with Crippen molar-refractivity contribution in [1.82, 2.24) is 10.6 Å². The first-order valence-electron chi connectivity index (χ1n) is 9.44. The second kappa shape index (κ2) is 8.35. The van der Waals surface area contributed by atoms with Crippen LogP contribution in [0.1, 0.15) is 52.9 Å². The molecule has 1 aliphatic carbocycles. The smallest absolute Gasteiger partial charge is 0.253 e. The molecule has 0 aliphatic heterocycles. The van der Waals surface area contributed by atoms with Crippen molar-refractivity contribution < 1.29 is 9.59 Å². The molecule has 0 radical (unpaired) electrons. The van der Waals surface area contributed by atoms with Crippen LogP contribution in [-0.2, 0) is 4.79 Å². The molecule has 1 aliphatic rings. The molecule has 0 bridgehead atoms. The van der Waals surface area contributed by atoms with E-state index in [1.54, 1.807) is 18.2 Å². The summed E-state index contributed by atoms with van der Waals surface area (Å²) in [6, 6.07) is 13.8. The number of hydrogen-bond donors (Lipinski definition) is 3. The summed E-state index contributed by atoms with van der Waals surface area (Å²) in [4.78, 5) is 24.7. The van der Waals surface area contributed by atoms with Gasteiger partial charge in [0.05, 0.1) is 17.8 Å². The average molecular weight is 365 g/mol. The summed E-state index contributed by atoms with van der Waals surface area (Å²) in [6.07, 6.45) is 2.06. The van der Waals surface area contributed by atoms with Crippen molar-refractivity contribution in [2.75, 3.05) is 11.9 Å². The second-order valence-electron chi connectivity index (χ2n) is 7.30. The van der Waals surface area contributed by atoms with Gasteiger partial charge in [-0.3, -0.25) is 9.59 Å². The number of carbonyl (C=O) groups excluding carboxylic acids is 2. The number of carbonyl (C=O) groups is 2. The molecule has 27 heavy (non-hydrogen) atoms. The van der Waals surface area contributed by atoms with Gasteiger partial charge in [-0.2, -0.15) is 0 Å². The van der Waals surface area contributed by atoms with Gasteiger partial charge in [0.25, 0.3) is 5.91 Å². The van der Waals surface area contributed by atoms with Gasteiger partial charge in [-0.05, 0) is 56.9 Å². The topological polar surface area (TPSA) is 70.2 Å². The molecule has 142 valence electrons. The van der Waals surface area contributed by atoms with Crippen LogP contribution in [0.4, 0.5) is 5.69 Å². The minimum atomic E-state index is -0.168. The first-order valence-corrected chi connectivity index (χ1v) is 9.44. The van der Waals surface area contributed by atoms with Crippen molar-refractivity contribution in [3.63, 3.8) is 0 Å². The van der Waals surface area contributed by atoms with Crippen molar-refractivity contribution in [2.24, 2.45) is 0 Å². The van der Waals surface area contributed by atoms with Crippen LogP contribution < -0.4 is 16.0 Å². The van der Waals surface area contributed by atoms with Gasteiger partial charge >= 0.3 is 0 Å². The van der Waals surface area contributed by atoms with Crippen molar-refractivity contribution in [1.29, 1.82) is 0 Å². The summed E-state index contributed by atoms with van der Waals surface area (Å²) in [5.74, 6) is -0.302. The van der Waals surface area contributed by atoms with Crippen LogP contribution in [-0.4, -0.2) is 24.4 Å². The van der Waals surface area contributed by atoms with E-state index in [0.717, 1.165) is 12.8 Å². The maximum absolute atomic E-state index is 12.4. The third-order valence-electron chi connectivity index (χ3n) is 4.83. The van der Waals surface area contributed by atoms with Gasteiger partial charge in [-0.1, -0.05) is 35.9 Å². The molecule has 3 rings (SSSR count). The van der Waals surface area contributed by atoms with Crippen LogP contribution in [0.25, 0.3) is 0 Å². The van der Waals surface area contributed by atoms with Crippen LogP contribution in [0.2, 0.25) is 0 Å². The zero-order valence-corrected chi connectivity index (χ0v) is 16.1. The number of aryl methyl sites for hydroxylation is 2. The van der Waals surface area contributed by atoms with Crippen molar-refractivity contribution in [2.45, 2.75) is 45.7 Å². The number of hydrogen-bond acceptors (Lipinski definition) is 3. The monoisotopic (exact) mass is 365 g/mol. The quantitative estimate of drug-likeness (QED) is 0.703. The fourth-order valence-electron chi connectivity index (χ4n) is 3.06. The maximum Gasteiger partial charge on any atom is 0.253 e. The molecule has 5 heteroatoms.